The third-order valence-corrected chi connectivity index (χ3v) is 7.28. The maximum atomic E-state index is 11.8. The second-order valence-corrected chi connectivity index (χ2v) is 18.9. The van der Waals surface area contributed by atoms with E-state index >= 15 is 0 Å². The number of esters is 2. The first kappa shape index (κ1) is 80.2. The largest absolute Gasteiger partial charge is 1.00 e. The maximum absolute atomic E-state index is 11.8. The van der Waals surface area contributed by atoms with Crippen LogP contribution in [0.4, 0.5) is 9.59 Å². The minimum absolute atomic E-state index is 0. The zero-order chi connectivity index (χ0) is 53.6. The van der Waals surface area contributed by atoms with E-state index in [2.05, 4.69) is 0 Å². The van der Waals surface area contributed by atoms with Gasteiger partial charge in [0.1, 0.15) is 28.7 Å². The fourth-order valence-corrected chi connectivity index (χ4v) is 4.39. The number of aliphatic hydroxyl groups is 1. The van der Waals surface area contributed by atoms with Gasteiger partial charge in [-0.3, -0.25) is 9.59 Å². The van der Waals surface area contributed by atoms with Gasteiger partial charge in [-0.2, -0.15) is 0 Å². The molecule has 0 atom stereocenters. The Kier molecular flexibility index (Phi) is 58.0. The van der Waals surface area contributed by atoms with Crippen molar-refractivity contribution in [2.75, 3.05) is 147 Å². The molecule has 0 aliphatic rings. The molecule has 0 fully saturated rings. The summed E-state index contributed by atoms with van der Waals surface area (Å²) in [5.74, 6) is -0.511. The molecule has 417 valence electrons. The molecule has 3 radical (unpaired) electrons. The normalized spacial score (nSPS) is 11.1. The van der Waals surface area contributed by atoms with Crippen molar-refractivity contribution in [2.24, 2.45) is 5.73 Å². The van der Waals surface area contributed by atoms with Crippen LogP contribution in [0.5, 0.6) is 0 Å². The standard InChI is InChI=1S/C24H47NO8.C15H31NO6.C8H15NO3.CH4O.B.Na.H/c1-23(2,3)32-21(26)11-14-29-16-18-31-20-19-30-17-15-28-13-10-8-9-12-25(7)22(27)33-24(4,5)6;1-15(2,3)22-14(17)4-6-18-8-10-20-12-13-21-11-9-19-7-5-16;1-8(2,3)12-7(11)9(4)5-6-10;1-2;;;/h8-20H2,1-7H3;4-13,16H2,1-3H3;6H,5H2,1-4H3;2H,1H3;;;/q;;;;;+1;-1. The molecule has 0 aromatic carbocycles. The Hall–Kier alpha value is -2.19. The summed E-state index contributed by atoms with van der Waals surface area (Å²) in [5, 5.41) is 7.00. The molecule has 71 heavy (non-hydrogen) atoms. The number of carbonyl (C=O) groups is 5. The molecule has 0 rings (SSSR count). The molecule has 0 heterocycles. The van der Waals surface area contributed by atoms with E-state index in [1.165, 1.54) is 11.9 Å². The Labute approximate surface area is 453 Å². The summed E-state index contributed by atoms with van der Waals surface area (Å²) < 4.78 is 63.5. The minimum atomic E-state index is -0.506. The molecule has 0 aromatic rings. The molecule has 0 saturated heterocycles. The van der Waals surface area contributed by atoms with Crippen molar-refractivity contribution in [3.63, 3.8) is 0 Å². The number of hydrogen-bond acceptors (Lipinski definition) is 19. The molecule has 2 amide bonds. The second kappa shape index (κ2) is 51.3. The zero-order valence-electron chi connectivity index (χ0n) is 48.0. The Morgan fingerprint density at radius 1 is 0.451 bits per heavy atom. The molecule has 0 spiro atoms. The Balaban J connectivity index is -0.000000187. The fraction of sp³-hybridized carbons (Fsp3) is 0.896. The first-order valence-electron chi connectivity index (χ1n) is 23.7. The molecular weight excluding hydrogens is 940 g/mol. The number of carbonyl (C=O) groups excluding carboxylic acids is 5. The van der Waals surface area contributed by atoms with Crippen molar-refractivity contribution in [2.45, 2.75) is 138 Å². The Morgan fingerprint density at radius 2 is 0.732 bits per heavy atom. The van der Waals surface area contributed by atoms with E-state index in [9.17, 15) is 24.0 Å². The van der Waals surface area contributed by atoms with Gasteiger partial charge in [0, 0.05) is 49.3 Å². The predicted octanol–water partition coefficient (Wildman–Crippen LogP) is 1.96. The van der Waals surface area contributed by atoms with Crippen LogP contribution in [0.15, 0.2) is 0 Å². The van der Waals surface area contributed by atoms with Crippen LogP contribution in [0.3, 0.4) is 0 Å². The third kappa shape index (κ3) is 72.1. The number of amides is 2. The fourth-order valence-electron chi connectivity index (χ4n) is 4.39. The average Bonchev–Trinajstić information content (AvgIpc) is 3.22. The van der Waals surface area contributed by atoms with Crippen molar-refractivity contribution in [1.82, 2.24) is 9.80 Å². The van der Waals surface area contributed by atoms with E-state index in [0.717, 1.165) is 26.4 Å². The zero-order valence-corrected chi connectivity index (χ0v) is 49.0. The summed E-state index contributed by atoms with van der Waals surface area (Å²) in [4.78, 5) is 58.7. The predicted molar refractivity (Wildman–Crippen MR) is 269 cm³/mol. The summed E-state index contributed by atoms with van der Waals surface area (Å²) in [7, 11) is 4.27. The molecule has 21 nitrogen and oxygen atoms in total. The first-order chi connectivity index (χ1) is 32.2. The number of hydrogen-bond donors (Lipinski definition) is 2. The molecular formula is C48H98BN3NaO18. The van der Waals surface area contributed by atoms with Crippen LogP contribution >= 0.6 is 0 Å². The number of aldehydes is 1. The summed E-state index contributed by atoms with van der Waals surface area (Å²) in [6.07, 6.45) is 3.23. The molecule has 0 aromatic heterocycles. The molecule has 0 aliphatic heterocycles. The van der Waals surface area contributed by atoms with Crippen LogP contribution in [-0.4, -0.2) is 223 Å². The third-order valence-electron chi connectivity index (χ3n) is 7.28. The van der Waals surface area contributed by atoms with Crippen LogP contribution < -0.4 is 35.3 Å². The number of rotatable bonds is 34. The monoisotopic (exact) mass is 1040 g/mol. The number of unbranched alkanes of at least 4 members (excludes halogenated alkanes) is 2. The van der Waals surface area contributed by atoms with E-state index in [4.69, 9.17) is 67.7 Å². The number of likely N-dealkylation sites (N-methyl/N-ethyl adjacent to an activating group) is 1. The summed E-state index contributed by atoms with van der Waals surface area (Å²) in [6.45, 7) is 31.1. The van der Waals surface area contributed by atoms with Crippen LogP contribution in [0.1, 0.15) is 117 Å². The van der Waals surface area contributed by atoms with E-state index in [-0.39, 0.29) is 76.8 Å². The van der Waals surface area contributed by atoms with Gasteiger partial charge in [0.15, 0.2) is 0 Å². The van der Waals surface area contributed by atoms with E-state index < -0.39 is 28.5 Å². The molecule has 0 aliphatic carbocycles. The van der Waals surface area contributed by atoms with E-state index in [0.29, 0.717) is 125 Å². The van der Waals surface area contributed by atoms with Gasteiger partial charge < -0.3 is 83.7 Å². The van der Waals surface area contributed by atoms with Crippen LogP contribution in [-0.2, 0) is 71.2 Å². The molecule has 23 heteroatoms. The summed E-state index contributed by atoms with van der Waals surface area (Å²) >= 11 is 0. The Morgan fingerprint density at radius 3 is 1.03 bits per heavy atom. The van der Waals surface area contributed by atoms with Gasteiger partial charge in [0.25, 0.3) is 0 Å². The van der Waals surface area contributed by atoms with Crippen LogP contribution in [0.25, 0.3) is 0 Å². The number of nitrogens with zero attached hydrogens (tertiary/aromatic N) is 2. The van der Waals surface area contributed by atoms with Crippen molar-refractivity contribution in [3.05, 3.63) is 0 Å². The van der Waals surface area contributed by atoms with Gasteiger partial charge in [-0.1, -0.05) is 0 Å². The average molecular weight is 1040 g/mol. The van der Waals surface area contributed by atoms with E-state index in [1.807, 2.05) is 62.3 Å². The molecule has 3 N–H and O–H groups in total. The SMILES string of the molecule is CC(C)(C)OC(=O)CCOCCOCCOCCOCCN.CN(CC=O)C(=O)OC(C)(C)C.CN(CCCCCOCCOCCOCCOCCC(=O)OC(C)(C)C)C(=O)OC(C)(C)C.CO.[B].[H-].[Na+]. The number of nitrogens with two attached hydrogens (primary N) is 1. The van der Waals surface area contributed by atoms with E-state index in [1.54, 1.807) is 32.7 Å². The van der Waals surface area contributed by atoms with Gasteiger partial charge in [-0.05, 0) is 102 Å². The maximum Gasteiger partial charge on any atom is 1.00 e. The number of ether oxygens (including phenoxy) is 12. The van der Waals surface area contributed by atoms with Crippen LogP contribution in [0.2, 0.25) is 0 Å². The molecule has 0 saturated carbocycles. The smallest absolute Gasteiger partial charge is 1.00 e. The van der Waals surface area contributed by atoms with Gasteiger partial charge in [0.2, 0.25) is 0 Å². The van der Waals surface area contributed by atoms with Crippen molar-refractivity contribution < 1.29 is 117 Å². The summed E-state index contributed by atoms with van der Waals surface area (Å²) in [5.41, 5.74) is 3.39. The van der Waals surface area contributed by atoms with Gasteiger partial charge in [-0.15, -0.1) is 0 Å². The molecule has 0 bridgehead atoms. The van der Waals surface area contributed by atoms with Crippen molar-refractivity contribution in [1.29, 1.82) is 0 Å². The van der Waals surface area contributed by atoms with Gasteiger partial charge in [-0.25, -0.2) is 9.59 Å². The minimum Gasteiger partial charge on any atom is -1.00 e. The van der Waals surface area contributed by atoms with Crippen LogP contribution in [0, 0.1) is 0 Å². The van der Waals surface area contributed by atoms with Gasteiger partial charge >= 0.3 is 53.7 Å². The van der Waals surface area contributed by atoms with Crippen molar-refractivity contribution >= 4 is 38.8 Å². The van der Waals surface area contributed by atoms with Crippen molar-refractivity contribution in [3.8, 4) is 0 Å². The summed E-state index contributed by atoms with van der Waals surface area (Å²) in [6, 6.07) is 0. The second-order valence-electron chi connectivity index (χ2n) is 18.9. The van der Waals surface area contributed by atoms with Gasteiger partial charge in [0.05, 0.1) is 118 Å². The topological polar surface area (TPSA) is 249 Å². The Bertz CT molecular complexity index is 1260. The number of aliphatic hydroxyl groups excluding tert-OH is 1. The first-order valence-corrected chi connectivity index (χ1v) is 23.7. The quantitative estimate of drug-likeness (QED) is 0.0307. The molecule has 0 unspecified atom stereocenters.